The van der Waals surface area contributed by atoms with Crippen LogP contribution >= 0.6 is 73.9 Å². The molecule has 1 aliphatic rings. The van der Waals surface area contributed by atoms with E-state index in [1.54, 1.807) is 21.5 Å². The minimum atomic E-state index is -3.10. The maximum atomic E-state index is 14.3. The number of aliphatic carboxylic acids is 1. The monoisotopic (exact) mass is 859 g/mol. The maximum absolute atomic E-state index is 14.3. The molecule has 0 radical (unpaired) electrons. The molecule has 5 N–H and O–H groups in total. The van der Waals surface area contributed by atoms with Gasteiger partial charge in [-0.2, -0.15) is 5.26 Å². The van der Waals surface area contributed by atoms with Crippen LogP contribution in [0, 0.1) is 17.1 Å². The molecule has 47 heavy (non-hydrogen) atoms. The Hall–Kier alpha value is -2.49. The molecule has 3 aromatic rings. The molecule has 2 heterocycles. The highest BCUT2D eigenvalue weighted by atomic mass is 79.9. The van der Waals surface area contributed by atoms with Crippen LogP contribution in [0.25, 0.3) is 0 Å². The molecule has 1 aliphatic heterocycles. The Morgan fingerprint density at radius 2 is 1.85 bits per heavy atom. The number of nitrogens with two attached hydrogens (primary N) is 1. The number of halogens is 4. The van der Waals surface area contributed by atoms with Gasteiger partial charge in [0.05, 0.1) is 38.5 Å². The molecule has 2 aromatic carbocycles. The van der Waals surface area contributed by atoms with Crippen molar-refractivity contribution in [2.75, 3.05) is 25.7 Å². The van der Waals surface area contributed by atoms with Crippen molar-refractivity contribution in [3.63, 3.8) is 0 Å². The van der Waals surface area contributed by atoms with Crippen LogP contribution in [-0.2, 0) is 32.0 Å². The number of fused-ring (bicyclic) bond motifs is 1. The van der Waals surface area contributed by atoms with Gasteiger partial charge in [-0.15, -0.1) is 11.8 Å². The number of nitriles is 1. The molecule has 2 unspecified atom stereocenters. The van der Waals surface area contributed by atoms with E-state index in [1.807, 2.05) is 6.07 Å². The molecule has 0 bridgehead atoms. The molecule has 0 spiro atoms. The quantitative estimate of drug-likeness (QED) is 0.130. The number of aromatic nitrogens is 2. The Morgan fingerprint density at radius 3 is 2.38 bits per heavy atom. The fourth-order valence-corrected chi connectivity index (χ4v) is 7.49. The van der Waals surface area contributed by atoms with E-state index in [2.05, 4.69) is 41.6 Å². The second-order valence-corrected chi connectivity index (χ2v) is 16.3. The third-order valence-electron chi connectivity index (χ3n) is 6.00. The van der Waals surface area contributed by atoms with E-state index in [1.165, 1.54) is 19.8 Å². The molecule has 0 amide bonds. The van der Waals surface area contributed by atoms with Gasteiger partial charge in [0, 0.05) is 30.8 Å². The van der Waals surface area contributed by atoms with Gasteiger partial charge in [0.2, 0.25) is 4.80 Å². The summed E-state index contributed by atoms with van der Waals surface area (Å²) in [5, 5.41) is 26.2. The lowest BCUT2D eigenvalue weighted by atomic mass is 10.2. The molecule has 256 valence electrons. The number of thioether (sulfide) groups is 1. The number of methoxy groups -OCH3 is 1. The van der Waals surface area contributed by atoms with Crippen molar-refractivity contribution in [1.29, 1.82) is 5.26 Å². The van der Waals surface area contributed by atoms with Crippen molar-refractivity contribution in [3.05, 3.63) is 64.1 Å². The van der Waals surface area contributed by atoms with Crippen LogP contribution in [0.15, 0.2) is 47.9 Å². The third kappa shape index (κ3) is 13.1. The molecule has 1 aromatic heterocycles. The minimum Gasteiger partial charge on any atom is -0.506 e. The molecule has 0 saturated heterocycles. The number of hydrogen-bond acceptors (Lipinski definition) is 11. The van der Waals surface area contributed by atoms with Crippen LogP contribution in [0.4, 0.5) is 10.1 Å². The number of phenolic OH excluding ortho intramolecular Hbond substituents is 1. The summed E-state index contributed by atoms with van der Waals surface area (Å²) in [6.45, 7) is 2.51. The number of ether oxygens (including phenoxy) is 1. The van der Waals surface area contributed by atoms with Gasteiger partial charge in [-0.1, -0.05) is 11.6 Å². The molecule has 4 rings (SSSR count). The average Bonchev–Trinajstić information content (AvgIpc) is 3.33. The zero-order valence-electron chi connectivity index (χ0n) is 24.9. The number of nitrogens with zero attached hydrogens (tertiary/aromatic N) is 4. The minimum absolute atomic E-state index is 0.0412. The Balaban J connectivity index is 0.000000290. The second-order valence-electron chi connectivity index (χ2n) is 9.72. The van der Waals surface area contributed by atoms with Crippen molar-refractivity contribution < 1.29 is 38.4 Å². The summed E-state index contributed by atoms with van der Waals surface area (Å²) in [4.78, 5) is 47.4. The summed E-state index contributed by atoms with van der Waals surface area (Å²) in [6.07, 6.45) is 1.90. The average molecular weight is 862 g/mol. The number of carbonyl (C=O) groups excluding carboxylic acids is 1. The number of carboxylic acids is 1. The lowest BCUT2D eigenvalue weighted by Crippen LogP contribution is -2.31. The summed E-state index contributed by atoms with van der Waals surface area (Å²) >= 11 is 14.4. The van der Waals surface area contributed by atoms with Crippen molar-refractivity contribution in [2.24, 2.45) is 10.7 Å². The number of rotatable bonds is 8. The fourth-order valence-electron chi connectivity index (χ4n) is 3.56. The normalized spacial score (nSPS) is 14.2. The lowest BCUT2D eigenvalue weighted by molar-refractivity contribution is -0.139. The number of carboxylic acid groups (broad SMARTS) is 1. The van der Waals surface area contributed by atoms with Crippen molar-refractivity contribution in [1.82, 2.24) is 9.36 Å². The maximum Gasteiger partial charge on any atom is 0.325 e. The van der Waals surface area contributed by atoms with E-state index < -0.39 is 31.2 Å². The number of aromatic hydroxyl groups is 1. The van der Waals surface area contributed by atoms with Gasteiger partial charge in [-0.3, -0.25) is 23.6 Å². The van der Waals surface area contributed by atoms with Gasteiger partial charge >= 0.3 is 16.8 Å². The summed E-state index contributed by atoms with van der Waals surface area (Å²) in [5.74, 6) is -1.95. The largest absolute Gasteiger partial charge is 0.506 e. The van der Waals surface area contributed by atoms with Crippen LogP contribution in [0.1, 0.15) is 24.8 Å². The van der Waals surface area contributed by atoms with Crippen molar-refractivity contribution in [2.45, 2.75) is 43.3 Å². The molecule has 0 aliphatic carbocycles. The number of esters is 1. The van der Waals surface area contributed by atoms with E-state index in [0.717, 1.165) is 42.0 Å². The number of carbonyl (C=O) groups is 2. The molecule has 0 fully saturated rings. The van der Waals surface area contributed by atoms with E-state index >= 15 is 0 Å². The van der Waals surface area contributed by atoms with E-state index in [0.29, 0.717) is 37.3 Å². The van der Waals surface area contributed by atoms with Crippen LogP contribution in [0.3, 0.4) is 0 Å². The van der Waals surface area contributed by atoms with Gasteiger partial charge in [-0.05, 0) is 86.7 Å². The summed E-state index contributed by atoms with van der Waals surface area (Å²) in [5.41, 5.74) is 5.68. The predicted octanol–water partition coefficient (Wildman–Crippen LogP) is 5.27. The third-order valence-corrected chi connectivity index (χ3v) is 10.6. The predicted molar refractivity (Wildman–Crippen MR) is 184 cm³/mol. The first-order chi connectivity index (χ1) is 22.0. The Kier molecular flexibility index (Phi) is 16.4. The fraction of sp³-hybridized carbons (Fsp3) is 0.370. The van der Waals surface area contributed by atoms with Crippen LogP contribution in [0.2, 0.25) is 5.02 Å². The van der Waals surface area contributed by atoms with Crippen molar-refractivity contribution in [3.8, 4) is 11.8 Å². The first-order valence-electron chi connectivity index (χ1n) is 13.4. The Morgan fingerprint density at radius 1 is 1.26 bits per heavy atom. The van der Waals surface area contributed by atoms with Crippen molar-refractivity contribution >= 4 is 91.6 Å². The highest BCUT2D eigenvalue weighted by Gasteiger charge is 2.17. The van der Waals surface area contributed by atoms with Gasteiger partial charge in [-0.25, -0.2) is 14.1 Å². The zero-order chi connectivity index (χ0) is 35.5. The highest BCUT2D eigenvalue weighted by molar-refractivity contribution is 9.11. The molecular weight excluding hydrogens is 832 g/mol. The number of hydrogen-bond donors (Lipinski definition) is 4. The smallest absolute Gasteiger partial charge is 0.325 e. The molecule has 2 atom stereocenters. The Labute approximate surface area is 298 Å². The van der Waals surface area contributed by atoms with Gasteiger partial charge in [0.25, 0.3) is 0 Å². The first kappa shape index (κ1) is 40.7. The summed E-state index contributed by atoms with van der Waals surface area (Å²) in [7, 11) is -1.81. The topological polar surface area (TPSA) is 210 Å². The summed E-state index contributed by atoms with van der Waals surface area (Å²) < 4.78 is 33.9. The second kappa shape index (κ2) is 18.9. The van der Waals surface area contributed by atoms with Gasteiger partial charge < -0.3 is 25.6 Å². The van der Waals surface area contributed by atoms with Gasteiger partial charge in [0.15, 0.2) is 7.37 Å². The van der Waals surface area contributed by atoms with Crippen LogP contribution < -0.4 is 15.4 Å². The van der Waals surface area contributed by atoms with Gasteiger partial charge in [0.1, 0.15) is 23.3 Å². The van der Waals surface area contributed by atoms with E-state index in [9.17, 15) is 28.4 Å². The molecule has 20 heteroatoms. The number of phenols is 1. The van der Waals surface area contributed by atoms with E-state index in [-0.39, 0.29) is 39.7 Å². The standard InChI is InChI=1S/C15H15ClFN3O3S2.C7H3Br2NO.C5H12NO4P/c1-23-13(21)8-24-12-7-11(10(17)6-9(12)16)18-14-19-4-2-3-5-20(19)15(22)25-14;8-5-1-4(3-10)2-6(9)7(5)11;1-11(9,10)3-2-4(6)5(7)8/h6-7H,2-5,8H2,1H3;1-2,11H;4H,2-3,6H2,1H3,(H,7,8)(H,9,10). The molecular formula is C27H30Br2ClFN5O8PS2. The zero-order valence-corrected chi connectivity index (χ0v) is 31.3. The van der Waals surface area contributed by atoms with E-state index in [4.69, 9.17) is 32.6 Å². The van der Waals surface area contributed by atoms with Crippen LogP contribution in [0.5, 0.6) is 5.75 Å². The first-order valence-corrected chi connectivity index (χ1v) is 19.4. The molecule has 13 nitrogen and oxygen atoms in total. The molecule has 0 saturated carbocycles. The highest BCUT2D eigenvalue weighted by Crippen LogP contribution is 2.36. The lowest BCUT2D eigenvalue weighted by Gasteiger charge is -2.15. The van der Waals surface area contributed by atoms with Crippen LogP contribution in [-0.4, -0.2) is 68.1 Å². The number of benzene rings is 2. The SMILES string of the molecule is COC(=O)CSc1cc(N=c2sc(=O)n3n2CCCC3)c(F)cc1Cl.CP(=O)(O)CCC(N)C(=O)O.N#Cc1cc(Br)c(O)c(Br)c1. The summed E-state index contributed by atoms with van der Waals surface area (Å²) in [6, 6.07) is 6.69. The Bertz CT molecular complexity index is 1800.